The number of likely N-dealkylation sites (tertiary alicyclic amines) is 1. The number of aliphatic hydroxyl groups is 1. The van der Waals surface area contributed by atoms with E-state index in [0.29, 0.717) is 12.2 Å². The summed E-state index contributed by atoms with van der Waals surface area (Å²) in [6.07, 6.45) is 1.79. The second kappa shape index (κ2) is 5.53. The molecule has 0 radical (unpaired) electrons. The zero-order chi connectivity index (χ0) is 21.1. The van der Waals surface area contributed by atoms with Crippen LogP contribution < -0.4 is 4.74 Å². The van der Waals surface area contributed by atoms with E-state index in [1.807, 2.05) is 18.2 Å². The predicted molar refractivity (Wildman–Crippen MR) is 119 cm³/mol. The van der Waals surface area contributed by atoms with Crippen molar-refractivity contribution in [1.82, 2.24) is 9.88 Å². The van der Waals surface area contributed by atoms with Crippen LogP contribution in [0.15, 0.2) is 48.6 Å². The van der Waals surface area contributed by atoms with Gasteiger partial charge in [-0.1, -0.05) is 36.4 Å². The molecule has 5 heteroatoms. The largest absolute Gasteiger partial charge is 0.504 e. The second-order valence-electron chi connectivity index (χ2n) is 9.98. The Morgan fingerprint density at radius 2 is 2.13 bits per heavy atom. The Kier molecular flexibility index (Phi) is 3.19. The maximum atomic E-state index is 12.7. The van der Waals surface area contributed by atoms with Crippen molar-refractivity contribution in [3.05, 3.63) is 70.9 Å². The molecular weight excluding hydrogens is 388 g/mol. The lowest BCUT2D eigenvalue weighted by Crippen LogP contribution is -2.74. The van der Waals surface area contributed by atoms with E-state index < -0.39 is 11.0 Å². The van der Waals surface area contributed by atoms with Crippen LogP contribution in [-0.2, 0) is 18.3 Å². The number of hydrogen-bond acceptors (Lipinski definition) is 4. The quantitative estimate of drug-likeness (QED) is 0.559. The van der Waals surface area contributed by atoms with Gasteiger partial charge in [-0.05, 0) is 43.0 Å². The number of aromatic nitrogens is 1. The lowest BCUT2D eigenvalue weighted by molar-refractivity contribution is -0.170. The molecule has 1 spiro atoms. The third-order valence-corrected chi connectivity index (χ3v) is 8.35. The highest BCUT2D eigenvalue weighted by Gasteiger charge is 2.72. The number of ether oxygens (including phenoxy) is 1. The molecule has 0 unspecified atom stereocenters. The number of benzene rings is 2. The minimum Gasteiger partial charge on any atom is -0.504 e. The number of nitrogens with zero attached hydrogens (tertiary/aromatic N) is 1. The summed E-state index contributed by atoms with van der Waals surface area (Å²) in [6.45, 7) is 7.87. The van der Waals surface area contributed by atoms with Crippen LogP contribution in [0.3, 0.4) is 0 Å². The number of para-hydroxylation sites is 1. The number of hydrogen-bond donors (Lipinski definition) is 3. The van der Waals surface area contributed by atoms with Gasteiger partial charge in [-0.25, -0.2) is 0 Å². The zero-order valence-corrected chi connectivity index (χ0v) is 17.6. The van der Waals surface area contributed by atoms with E-state index in [0.717, 1.165) is 59.2 Å². The van der Waals surface area contributed by atoms with E-state index in [2.05, 4.69) is 35.5 Å². The molecule has 1 aromatic heterocycles. The van der Waals surface area contributed by atoms with Crippen LogP contribution in [0.2, 0.25) is 0 Å². The van der Waals surface area contributed by atoms with Gasteiger partial charge in [0, 0.05) is 42.0 Å². The number of phenolic OH excluding ortho intramolecular Hbond substituents is 1. The summed E-state index contributed by atoms with van der Waals surface area (Å²) < 4.78 is 6.57. The number of H-pyrrole nitrogens is 1. The number of fused-ring (bicyclic) bond motifs is 4. The highest BCUT2D eigenvalue weighted by molar-refractivity contribution is 5.86. The predicted octanol–water partition coefficient (Wildman–Crippen LogP) is 3.74. The molecule has 3 heterocycles. The van der Waals surface area contributed by atoms with Crippen LogP contribution in [0.25, 0.3) is 10.9 Å². The molecule has 2 aromatic carbocycles. The summed E-state index contributed by atoms with van der Waals surface area (Å²) in [5, 5.41) is 24.5. The van der Waals surface area contributed by atoms with Crippen molar-refractivity contribution in [2.45, 2.75) is 49.3 Å². The average molecular weight is 415 g/mol. The Morgan fingerprint density at radius 1 is 1.29 bits per heavy atom. The number of aromatic amines is 1. The highest BCUT2D eigenvalue weighted by Crippen LogP contribution is 2.68. The number of nitrogens with one attached hydrogen (secondary N) is 1. The smallest absolute Gasteiger partial charge is 0.166 e. The van der Waals surface area contributed by atoms with Gasteiger partial charge in [0.2, 0.25) is 0 Å². The number of aromatic hydroxyl groups is 1. The van der Waals surface area contributed by atoms with Gasteiger partial charge < -0.3 is 19.9 Å². The molecule has 2 bridgehead atoms. The lowest BCUT2D eigenvalue weighted by atomic mass is 9.49. The number of rotatable bonds is 2. The van der Waals surface area contributed by atoms with Gasteiger partial charge in [0.25, 0.3) is 0 Å². The van der Waals surface area contributed by atoms with Crippen LogP contribution in [0, 0.1) is 0 Å². The van der Waals surface area contributed by atoms with Crippen LogP contribution in [0.5, 0.6) is 11.5 Å². The van der Waals surface area contributed by atoms with Crippen molar-refractivity contribution in [1.29, 1.82) is 0 Å². The summed E-state index contributed by atoms with van der Waals surface area (Å²) in [6, 6.07) is 12.1. The third kappa shape index (κ3) is 1.91. The molecule has 1 saturated heterocycles. The Labute approximate surface area is 181 Å². The Hall–Kier alpha value is -2.76. The van der Waals surface area contributed by atoms with Gasteiger partial charge in [-0.3, -0.25) is 4.90 Å². The van der Waals surface area contributed by atoms with E-state index in [4.69, 9.17) is 4.74 Å². The molecule has 1 fully saturated rings. The lowest BCUT2D eigenvalue weighted by Gasteiger charge is -2.62. The van der Waals surface area contributed by atoms with Gasteiger partial charge in [0.1, 0.15) is 0 Å². The highest BCUT2D eigenvalue weighted by atomic mass is 16.5. The molecule has 7 rings (SSSR count). The maximum absolute atomic E-state index is 12.7. The second-order valence-corrected chi connectivity index (χ2v) is 9.98. The molecular formula is C26H26N2O3. The molecule has 31 heavy (non-hydrogen) atoms. The van der Waals surface area contributed by atoms with E-state index in [-0.39, 0.29) is 17.9 Å². The molecule has 0 amide bonds. The first-order valence-electron chi connectivity index (χ1n) is 11.2. The van der Waals surface area contributed by atoms with Gasteiger partial charge in [-0.2, -0.15) is 0 Å². The fourth-order valence-electron chi connectivity index (χ4n) is 7.26. The SMILES string of the molecule is C=C(C)CN1CC[C@]23c4c5ccc(O)c4O[C@H]2c2[nH]c4ccccc4c2C[C@@]3(O)[C@H]1C5. The van der Waals surface area contributed by atoms with Crippen molar-refractivity contribution in [2.75, 3.05) is 13.1 Å². The topological polar surface area (TPSA) is 68.7 Å². The van der Waals surface area contributed by atoms with E-state index in [1.54, 1.807) is 6.07 Å². The molecule has 2 aliphatic carbocycles. The summed E-state index contributed by atoms with van der Waals surface area (Å²) in [4.78, 5) is 6.03. The molecule has 3 N–H and O–H groups in total. The molecule has 3 aromatic rings. The summed E-state index contributed by atoms with van der Waals surface area (Å²) in [5.74, 6) is 0.740. The minimum absolute atomic E-state index is 0.0196. The van der Waals surface area contributed by atoms with Crippen molar-refractivity contribution < 1.29 is 14.9 Å². The van der Waals surface area contributed by atoms with Crippen molar-refractivity contribution in [2.24, 2.45) is 0 Å². The summed E-state index contributed by atoms with van der Waals surface area (Å²) in [5.41, 5.74) is 5.08. The first-order chi connectivity index (χ1) is 14.9. The van der Waals surface area contributed by atoms with Gasteiger partial charge >= 0.3 is 0 Å². The van der Waals surface area contributed by atoms with Gasteiger partial charge in [-0.15, -0.1) is 0 Å². The molecule has 4 aliphatic rings. The van der Waals surface area contributed by atoms with E-state index >= 15 is 0 Å². The number of piperidine rings is 1. The average Bonchev–Trinajstić information content (AvgIpc) is 3.27. The summed E-state index contributed by atoms with van der Waals surface area (Å²) >= 11 is 0. The first-order valence-corrected chi connectivity index (χ1v) is 11.2. The fourth-order valence-corrected chi connectivity index (χ4v) is 7.26. The first kappa shape index (κ1) is 17.9. The van der Waals surface area contributed by atoms with Gasteiger partial charge in [0.15, 0.2) is 17.6 Å². The van der Waals surface area contributed by atoms with Crippen LogP contribution in [0.4, 0.5) is 0 Å². The van der Waals surface area contributed by atoms with E-state index in [9.17, 15) is 10.2 Å². The Balaban J connectivity index is 1.54. The monoisotopic (exact) mass is 414 g/mol. The van der Waals surface area contributed by atoms with Crippen molar-refractivity contribution in [3.8, 4) is 11.5 Å². The summed E-state index contributed by atoms with van der Waals surface area (Å²) in [7, 11) is 0. The maximum Gasteiger partial charge on any atom is 0.166 e. The minimum atomic E-state index is -0.977. The molecule has 4 atom stereocenters. The normalized spacial score (nSPS) is 32.5. The molecule has 5 nitrogen and oxygen atoms in total. The molecule has 2 aliphatic heterocycles. The van der Waals surface area contributed by atoms with Crippen molar-refractivity contribution in [3.63, 3.8) is 0 Å². The third-order valence-electron chi connectivity index (χ3n) is 8.35. The van der Waals surface area contributed by atoms with Crippen molar-refractivity contribution >= 4 is 10.9 Å². The molecule has 158 valence electrons. The zero-order valence-electron chi connectivity index (χ0n) is 17.6. The van der Waals surface area contributed by atoms with E-state index in [1.165, 1.54) is 5.56 Å². The Morgan fingerprint density at radius 3 is 2.97 bits per heavy atom. The standard InChI is InChI=1S/C26H26N2O3/c1-14(2)13-28-10-9-25-21-15-7-8-19(29)23(21)31-24(25)22-17(12-26(25,30)20(28)11-15)16-5-3-4-6-18(16)27-22/h3-8,20,24,27,29-30H,1,9-13H2,2H3/t20-,24+,25+,26-/m1/s1. The molecule has 0 saturated carbocycles. The number of phenols is 1. The van der Waals surface area contributed by atoms with Gasteiger partial charge in [0.05, 0.1) is 16.7 Å². The fraction of sp³-hybridized carbons (Fsp3) is 0.385. The Bertz CT molecular complexity index is 1290. The van der Waals surface area contributed by atoms with Crippen LogP contribution in [0.1, 0.15) is 41.8 Å². The van der Waals surface area contributed by atoms with Crippen LogP contribution >= 0.6 is 0 Å². The van der Waals surface area contributed by atoms with Crippen LogP contribution in [-0.4, -0.2) is 44.8 Å².